The highest BCUT2D eigenvalue weighted by Gasteiger charge is 2.33. The Morgan fingerprint density at radius 1 is 1.22 bits per heavy atom. The number of hydrogen-bond acceptors (Lipinski definition) is 5. The predicted octanol–water partition coefficient (Wildman–Crippen LogP) is 1.04. The molecule has 1 heterocycles. The summed E-state index contributed by atoms with van der Waals surface area (Å²) in [7, 11) is 0. The summed E-state index contributed by atoms with van der Waals surface area (Å²) in [5.41, 5.74) is -1.12. The highest BCUT2D eigenvalue weighted by Crippen LogP contribution is 2.27. The Balaban J connectivity index is 2.80. The third-order valence-electron chi connectivity index (χ3n) is 2.31. The van der Waals surface area contributed by atoms with Gasteiger partial charge in [0.2, 0.25) is 0 Å². The van der Waals surface area contributed by atoms with Crippen molar-refractivity contribution in [3.8, 4) is 0 Å². The molecule has 1 aromatic heterocycles. The Hall–Kier alpha value is -1.41. The van der Waals surface area contributed by atoms with Crippen LogP contribution in [0.15, 0.2) is 12.4 Å². The van der Waals surface area contributed by atoms with Crippen LogP contribution in [0, 0.1) is 0 Å². The Labute approximate surface area is 102 Å². The molecule has 0 radical (unpaired) electrons. The lowest BCUT2D eigenvalue weighted by Crippen LogP contribution is -2.38. The van der Waals surface area contributed by atoms with Gasteiger partial charge in [0.1, 0.15) is 5.82 Å². The van der Waals surface area contributed by atoms with Crippen LogP contribution in [0.3, 0.4) is 0 Å². The molecule has 0 amide bonds. The Morgan fingerprint density at radius 3 is 2.33 bits per heavy atom. The molecule has 0 bridgehead atoms. The zero-order valence-electron chi connectivity index (χ0n) is 9.81. The average molecular weight is 265 g/mol. The fourth-order valence-corrected chi connectivity index (χ4v) is 1.31. The summed E-state index contributed by atoms with van der Waals surface area (Å²) in [6.07, 6.45) is -4.98. The standard InChI is InChI=1S/C10H14F3N3O2/c1-5(9(18)6(2)17)15-8-4-14-3-7(16-8)10(11,12)13/h3-6,9,17-18H,1-2H3,(H,15,16)/t5-,6-,9+/m0/s1. The SMILES string of the molecule is C[C@H](O)[C@H](O)[C@H](C)Nc1cncc(C(F)(F)F)n1. The van der Waals surface area contributed by atoms with Crippen LogP contribution in [0.5, 0.6) is 0 Å². The first-order valence-corrected chi connectivity index (χ1v) is 5.23. The second-order valence-electron chi connectivity index (χ2n) is 3.95. The first-order valence-electron chi connectivity index (χ1n) is 5.23. The molecular weight excluding hydrogens is 251 g/mol. The number of aromatic nitrogens is 2. The number of rotatable bonds is 4. The molecule has 3 N–H and O–H groups in total. The van der Waals surface area contributed by atoms with Crippen molar-refractivity contribution in [3.63, 3.8) is 0 Å². The molecule has 102 valence electrons. The van der Waals surface area contributed by atoms with E-state index in [1.807, 2.05) is 0 Å². The number of halogens is 3. The van der Waals surface area contributed by atoms with Gasteiger partial charge in [-0.2, -0.15) is 13.2 Å². The van der Waals surface area contributed by atoms with E-state index in [-0.39, 0.29) is 5.82 Å². The minimum Gasteiger partial charge on any atom is -0.391 e. The van der Waals surface area contributed by atoms with E-state index in [1.54, 1.807) is 0 Å². The average Bonchev–Trinajstić information content (AvgIpc) is 2.27. The van der Waals surface area contributed by atoms with E-state index < -0.39 is 30.1 Å². The molecule has 8 heteroatoms. The first-order chi connectivity index (χ1) is 8.21. The number of nitrogens with one attached hydrogen (secondary N) is 1. The molecule has 18 heavy (non-hydrogen) atoms. The van der Waals surface area contributed by atoms with Gasteiger partial charge in [-0.3, -0.25) is 4.98 Å². The monoisotopic (exact) mass is 265 g/mol. The number of nitrogens with zero attached hydrogens (tertiary/aromatic N) is 2. The van der Waals surface area contributed by atoms with Gasteiger partial charge in [0.15, 0.2) is 5.69 Å². The van der Waals surface area contributed by atoms with E-state index in [2.05, 4.69) is 15.3 Å². The van der Waals surface area contributed by atoms with Crippen LogP contribution >= 0.6 is 0 Å². The van der Waals surface area contributed by atoms with Crippen LogP contribution in [0.1, 0.15) is 19.5 Å². The summed E-state index contributed by atoms with van der Waals surface area (Å²) >= 11 is 0. The molecule has 1 rings (SSSR count). The lowest BCUT2D eigenvalue weighted by molar-refractivity contribution is -0.141. The number of anilines is 1. The molecular formula is C10H14F3N3O2. The zero-order valence-corrected chi connectivity index (χ0v) is 9.81. The summed E-state index contributed by atoms with van der Waals surface area (Å²) in [6, 6.07) is -0.664. The highest BCUT2D eigenvalue weighted by atomic mass is 19.4. The molecule has 5 nitrogen and oxygen atoms in total. The maximum atomic E-state index is 12.4. The summed E-state index contributed by atoms with van der Waals surface area (Å²) in [6.45, 7) is 2.89. The molecule has 0 saturated heterocycles. The van der Waals surface area contributed by atoms with E-state index in [1.165, 1.54) is 13.8 Å². The van der Waals surface area contributed by atoms with E-state index in [0.717, 1.165) is 6.20 Å². The van der Waals surface area contributed by atoms with Crippen molar-refractivity contribution in [1.82, 2.24) is 9.97 Å². The smallest absolute Gasteiger partial charge is 0.391 e. The van der Waals surface area contributed by atoms with Crippen LogP contribution < -0.4 is 5.32 Å². The minimum absolute atomic E-state index is 0.114. The van der Waals surface area contributed by atoms with Crippen molar-refractivity contribution in [1.29, 1.82) is 0 Å². The molecule has 0 spiro atoms. The lowest BCUT2D eigenvalue weighted by Gasteiger charge is -2.22. The summed E-state index contributed by atoms with van der Waals surface area (Å²) in [4.78, 5) is 6.75. The quantitative estimate of drug-likeness (QED) is 0.758. The Kier molecular flexibility index (Phi) is 4.47. The number of alkyl halides is 3. The minimum atomic E-state index is -4.57. The molecule has 3 atom stereocenters. The van der Waals surface area contributed by atoms with Crippen LogP contribution in [0.25, 0.3) is 0 Å². The van der Waals surface area contributed by atoms with Crippen molar-refractivity contribution < 1.29 is 23.4 Å². The van der Waals surface area contributed by atoms with E-state index in [4.69, 9.17) is 5.11 Å². The first kappa shape index (κ1) is 14.7. The molecule has 0 aliphatic rings. The molecule has 0 fully saturated rings. The molecule has 0 aliphatic carbocycles. The van der Waals surface area contributed by atoms with Crippen molar-refractivity contribution in [2.24, 2.45) is 0 Å². The van der Waals surface area contributed by atoms with Crippen molar-refractivity contribution in [2.75, 3.05) is 5.32 Å². The summed E-state index contributed by atoms with van der Waals surface area (Å²) in [5, 5.41) is 21.2. The summed E-state index contributed by atoms with van der Waals surface area (Å²) < 4.78 is 37.1. The molecule has 1 aromatic rings. The number of hydrogen-bond donors (Lipinski definition) is 3. The van der Waals surface area contributed by atoms with E-state index in [9.17, 15) is 18.3 Å². The second-order valence-corrected chi connectivity index (χ2v) is 3.95. The van der Waals surface area contributed by atoms with Gasteiger partial charge in [0.25, 0.3) is 0 Å². The predicted molar refractivity (Wildman–Crippen MR) is 57.8 cm³/mol. The topological polar surface area (TPSA) is 78.3 Å². The van der Waals surface area contributed by atoms with Gasteiger partial charge in [-0.15, -0.1) is 0 Å². The van der Waals surface area contributed by atoms with E-state index >= 15 is 0 Å². The van der Waals surface area contributed by atoms with Crippen molar-refractivity contribution >= 4 is 5.82 Å². The third-order valence-corrected chi connectivity index (χ3v) is 2.31. The Morgan fingerprint density at radius 2 is 1.83 bits per heavy atom. The second kappa shape index (κ2) is 5.49. The summed E-state index contributed by atoms with van der Waals surface area (Å²) in [5.74, 6) is -0.114. The molecule has 0 unspecified atom stereocenters. The van der Waals surface area contributed by atoms with Gasteiger partial charge >= 0.3 is 6.18 Å². The molecule has 0 aliphatic heterocycles. The number of aliphatic hydroxyl groups is 2. The maximum absolute atomic E-state index is 12.4. The van der Waals surface area contributed by atoms with Crippen molar-refractivity contribution in [2.45, 2.75) is 38.3 Å². The van der Waals surface area contributed by atoms with Gasteiger partial charge in [-0.25, -0.2) is 4.98 Å². The highest BCUT2D eigenvalue weighted by molar-refractivity contribution is 5.33. The van der Waals surface area contributed by atoms with Crippen LogP contribution in [0.4, 0.5) is 19.0 Å². The third kappa shape index (κ3) is 3.81. The van der Waals surface area contributed by atoms with Gasteiger partial charge in [-0.05, 0) is 13.8 Å². The van der Waals surface area contributed by atoms with Crippen LogP contribution in [0.2, 0.25) is 0 Å². The van der Waals surface area contributed by atoms with Gasteiger partial charge in [0, 0.05) is 0 Å². The maximum Gasteiger partial charge on any atom is 0.434 e. The van der Waals surface area contributed by atoms with Crippen LogP contribution in [-0.4, -0.2) is 38.4 Å². The van der Waals surface area contributed by atoms with Crippen LogP contribution in [-0.2, 0) is 6.18 Å². The zero-order chi connectivity index (χ0) is 13.9. The fourth-order valence-electron chi connectivity index (χ4n) is 1.31. The number of aliphatic hydroxyl groups excluding tert-OH is 2. The van der Waals surface area contributed by atoms with Gasteiger partial charge < -0.3 is 15.5 Å². The van der Waals surface area contributed by atoms with Gasteiger partial charge in [0.05, 0.1) is 30.6 Å². The lowest BCUT2D eigenvalue weighted by atomic mass is 10.1. The van der Waals surface area contributed by atoms with E-state index in [0.29, 0.717) is 6.20 Å². The molecule has 0 saturated carbocycles. The van der Waals surface area contributed by atoms with Gasteiger partial charge in [-0.1, -0.05) is 0 Å². The fraction of sp³-hybridized carbons (Fsp3) is 0.600. The van der Waals surface area contributed by atoms with Crippen molar-refractivity contribution in [3.05, 3.63) is 18.1 Å². The molecule has 0 aromatic carbocycles. The largest absolute Gasteiger partial charge is 0.434 e. The normalized spacial score (nSPS) is 17.1. The Bertz CT molecular complexity index is 398.